The van der Waals surface area contributed by atoms with Crippen LogP contribution in [0.2, 0.25) is 0 Å². The van der Waals surface area contributed by atoms with Crippen molar-refractivity contribution in [3.8, 4) is 0 Å². The molecule has 0 bridgehead atoms. The van der Waals surface area contributed by atoms with Gasteiger partial charge in [0.2, 0.25) is 0 Å². The van der Waals surface area contributed by atoms with Gasteiger partial charge in [-0.15, -0.1) is 0 Å². The van der Waals surface area contributed by atoms with Gasteiger partial charge in [-0.1, -0.05) is 6.92 Å². The lowest BCUT2D eigenvalue weighted by molar-refractivity contribution is -0.0615. The van der Waals surface area contributed by atoms with E-state index >= 15 is 0 Å². The number of amides is 1. The summed E-state index contributed by atoms with van der Waals surface area (Å²) in [7, 11) is 1.75. The van der Waals surface area contributed by atoms with Crippen LogP contribution in [0.3, 0.4) is 0 Å². The number of nitrogens with one attached hydrogen (secondary N) is 1. The second kappa shape index (κ2) is 5.44. The van der Waals surface area contributed by atoms with Gasteiger partial charge < -0.3 is 15.8 Å². The van der Waals surface area contributed by atoms with Crippen LogP contribution in [0.5, 0.6) is 0 Å². The molecule has 1 fully saturated rings. The average molecular weight is 280 g/mol. The van der Waals surface area contributed by atoms with Gasteiger partial charge in [0.25, 0.3) is 5.91 Å². The van der Waals surface area contributed by atoms with Crippen LogP contribution in [0.25, 0.3) is 0 Å². The number of anilines is 1. The predicted octanol–water partition coefficient (Wildman–Crippen LogP) is 1.25. The minimum Gasteiger partial charge on any atom is -0.395 e. The van der Waals surface area contributed by atoms with Crippen molar-refractivity contribution in [2.75, 3.05) is 12.3 Å². The van der Waals surface area contributed by atoms with Crippen LogP contribution < -0.4 is 11.1 Å². The number of rotatable bonds is 3. The first kappa shape index (κ1) is 14.8. The second-order valence-corrected chi connectivity index (χ2v) is 5.96. The van der Waals surface area contributed by atoms with E-state index in [1.807, 2.05) is 20.8 Å². The van der Waals surface area contributed by atoms with Gasteiger partial charge in [-0.05, 0) is 33.1 Å². The Morgan fingerprint density at radius 3 is 2.85 bits per heavy atom. The van der Waals surface area contributed by atoms with Gasteiger partial charge in [-0.25, -0.2) is 0 Å². The van der Waals surface area contributed by atoms with Crippen LogP contribution >= 0.6 is 0 Å². The van der Waals surface area contributed by atoms with Crippen LogP contribution in [0.1, 0.15) is 49.8 Å². The van der Waals surface area contributed by atoms with Crippen LogP contribution in [0.4, 0.5) is 5.69 Å². The molecule has 1 unspecified atom stereocenters. The molecule has 1 atom stereocenters. The number of hydrogen-bond acceptors (Lipinski definition) is 4. The van der Waals surface area contributed by atoms with Gasteiger partial charge in [0.05, 0.1) is 17.0 Å². The summed E-state index contributed by atoms with van der Waals surface area (Å²) in [6.45, 7) is 6.72. The maximum absolute atomic E-state index is 12.4. The standard InChI is InChI=1S/C14H24N4O2/c1-5-10-11(15)12(18(4)17-10)13(19)16-9-6-7-20-14(2,3)8-9/h9H,5-8,15H2,1-4H3,(H,16,19). The van der Waals surface area contributed by atoms with E-state index in [4.69, 9.17) is 10.5 Å². The fourth-order valence-electron chi connectivity index (χ4n) is 2.74. The Morgan fingerprint density at radius 1 is 1.60 bits per heavy atom. The molecule has 0 aromatic carbocycles. The molecule has 0 aliphatic carbocycles. The summed E-state index contributed by atoms with van der Waals surface area (Å²) in [4.78, 5) is 12.4. The van der Waals surface area contributed by atoms with Crippen molar-refractivity contribution in [1.29, 1.82) is 0 Å². The molecule has 6 heteroatoms. The molecular formula is C14H24N4O2. The van der Waals surface area contributed by atoms with Crippen molar-refractivity contribution in [3.63, 3.8) is 0 Å². The highest BCUT2D eigenvalue weighted by atomic mass is 16.5. The third-order valence-electron chi connectivity index (χ3n) is 3.74. The number of nitrogen functional groups attached to an aromatic ring is 1. The zero-order valence-electron chi connectivity index (χ0n) is 12.7. The molecule has 2 rings (SSSR count). The lowest BCUT2D eigenvalue weighted by atomic mass is 9.94. The Morgan fingerprint density at radius 2 is 2.30 bits per heavy atom. The molecule has 1 aromatic rings. The van der Waals surface area contributed by atoms with Crippen LogP contribution in [-0.2, 0) is 18.2 Å². The van der Waals surface area contributed by atoms with Gasteiger partial charge in [0, 0.05) is 19.7 Å². The summed E-state index contributed by atoms with van der Waals surface area (Å²) in [6.07, 6.45) is 2.35. The van der Waals surface area contributed by atoms with Gasteiger partial charge in [0.15, 0.2) is 0 Å². The van der Waals surface area contributed by atoms with Crippen molar-refractivity contribution in [1.82, 2.24) is 15.1 Å². The number of hydrogen-bond donors (Lipinski definition) is 2. The van der Waals surface area contributed by atoms with E-state index in [2.05, 4.69) is 10.4 Å². The summed E-state index contributed by atoms with van der Waals surface area (Å²) in [6, 6.07) is 0.116. The van der Waals surface area contributed by atoms with Crippen LogP contribution in [-0.4, -0.2) is 33.9 Å². The number of aromatic nitrogens is 2. The van der Waals surface area contributed by atoms with Crippen LogP contribution in [0, 0.1) is 0 Å². The Balaban J connectivity index is 2.11. The lowest BCUT2D eigenvalue weighted by Gasteiger charge is -2.35. The van der Waals surface area contributed by atoms with E-state index in [0.29, 0.717) is 18.0 Å². The van der Waals surface area contributed by atoms with E-state index in [1.54, 1.807) is 11.7 Å². The van der Waals surface area contributed by atoms with Gasteiger partial charge in [0.1, 0.15) is 5.69 Å². The summed E-state index contributed by atoms with van der Waals surface area (Å²) in [5.74, 6) is -0.153. The molecule has 0 saturated carbocycles. The number of aryl methyl sites for hydroxylation is 2. The molecule has 0 radical (unpaired) electrons. The third kappa shape index (κ3) is 2.95. The number of carbonyl (C=O) groups excluding carboxylic acids is 1. The highest BCUT2D eigenvalue weighted by molar-refractivity contribution is 5.98. The van der Waals surface area contributed by atoms with Crippen molar-refractivity contribution >= 4 is 11.6 Å². The smallest absolute Gasteiger partial charge is 0.271 e. The molecule has 0 spiro atoms. The van der Waals surface area contributed by atoms with Crippen molar-refractivity contribution < 1.29 is 9.53 Å². The normalized spacial score (nSPS) is 21.7. The second-order valence-electron chi connectivity index (χ2n) is 5.96. The molecule has 6 nitrogen and oxygen atoms in total. The largest absolute Gasteiger partial charge is 0.395 e. The zero-order chi connectivity index (χ0) is 14.9. The molecular weight excluding hydrogens is 256 g/mol. The summed E-state index contributed by atoms with van der Waals surface area (Å²) in [5, 5.41) is 7.33. The van der Waals surface area contributed by atoms with Crippen molar-refractivity contribution in [3.05, 3.63) is 11.4 Å². The van der Waals surface area contributed by atoms with E-state index < -0.39 is 0 Å². The quantitative estimate of drug-likeness (QED) is 0.873. The molecule has 1 aromatic heterocycles. The Kier molecular flexibility index (Phi) is 4.04. The van der Waals surface area contributed by atoms with Gasteiger partial charge >= 0.3 is 0 Å². The minimum atomic E-state index is -0.192. The topological polar surface area (TPSA) is 82.2 Å². The summed E-state index contributed by atoms with van der Waals surface area (Å²) >= 11 is 0. The minimum absolute atomic E-state index is 0.116. The van der Waals surface area contributed by atoms with E-state index in [0.717, 1.165) is 25.0 Å². The first-order chi connectivity index (χ1) is 9.34. The average Bonchev–Trinajstić information content (AvgIpc) is 2.62. The number of ether oxygens (including phenoxy) is 1. The fourth-order valence-corrected chi connectivity index (χ4v) is 2.74. The number of nitrogens with two attached hydrogens (primary N) is 1. The first-order valence-corrected chi connectivity index (χ1v) is 7.10. The zero-order valence-corrected chi connectivity index (χ0v) is 12.7. The number of nitrogens with zero attached hydrogens (tertiary/aromatic N) is 2. The summed E-state index contributed by atoms with van der Waals surface area (Å²) in [5.41, 5.74) is 7.52. The monoisotopic (exact) mass is 280 g/mol. The molecule has 112 valence electrons. The molecule has 3 N–H and O–H groups in total. The Labute approximate surface area is 119 Å². The molecule has 1 saturated heterocycles. The Hall–Kier alpha value is -1.56. The summed E-state index contributed by atoms with van der Waals surface area (Å²) < 4.78 is 7.22. The van der Waals surface area contributed by atoms with Gasteiger partial charge in [-0.2, -0.15) is 5.10 Å². The van der Waals surface area contributed by atoms with E-state index in [1.165, 1.54) is 0 Å². The van der Waals surface area contributed by atoms with Crippen LogP contribution in [0.15, 0.2) is 0 Å². The van der Waals surface area contributed by atoms with E-state index in [9.17, 15) is 4.79 Å². The predicted molar refractivity (Wildman–Crippen MR) is 77.5 cm³/mol. The third-order valence-corrected chi connectivity index (χ3v) is 3.74. The highest BCUT2D eigenvalue weighted by Gasteiger charge is 2.31. The fraction of sp³-hybridized carbons (Fsp3) is 0.714. The highest BCUT2D eigenvalue weighted by Crippen LogP contribution is 2.24. The molecule has 20 heavy (non-hydrogen) atoms. The van der Waals surface area contributed by atoms with Crippen molar-refractivity contribution in [2.45, 2.75) is 51.7 Å². The van der Waals surface area contributed by atoms with Crippen molar-refractivity contribution in [2.24, 2.45) is 7.05 Å². The maximum Gasteiger partial charge on any atom is 0.271 e. The molecule has 1 aliphatic heterocycles. The Bertz CT molecular complexity index is 508. The molecule has 1 aliphatic rings. The first-order valence-electron chi connectivity index (χ1n) is 7.10. The molecule has 2 heterocycles. The van der Waals surface area contributed by atoms with Gasteiger partial charge in [-0.3, -0.25) is 9.48 Å². The SMILES string of the molecule is CCc1nn(C)c(C(=O)NC2CCOC(C)(C)C2)c1N. The number of carbonyl (C=O) groups is 1. The molecule has 1 amide bonds. The lowest BCUT2D eigenvalue weighted by Crippen LogP contribution is -2.46. The maximum atomic E-state index is 12.4. The van der Waals surface area contributed by atoms with E-state index in [-0.39, 0.29) is 17.6 Å².